The van der Waals surface area contributed by atoms with E-state index < -0.39 is 10.0 Å². The van der Waals surface area contributed by atoms with Crippen LogP contribution < -0.4 is 5.32 Å². The molecule has 0 aromatic carbocycles. The lowest BCUT2D eigenvalue weighted by molar-refractivity contribution is -0.127. The molecule has 7 nitrogen and oxygen atoms in total. The normalized spacial score (nSPS) is 28.0. The topological polar surface area (TPSA) is 84.3 Å². The van der Waals surface area contributed by atoms with Crippen molar-refractivity contribution in [2.45, 2.75) is 63.3 Å². The molecule has 2 fully saturated rings. The molecular weight excluding hydrogens is 352 g/mol. The molecule has 1 saturated carbocycles. The number of carbonyl (C=O) groups excluding carboxylic acids is 1. The molecule has 1 aromatic rings. The third kappa shape index (κ3) is 3.81. The molecule has 3 atom stereocenters. The average Bonchev–Trinajstić information content (AvgIpc) is 2.97. The van der Waals surface area contributed by atoms with E-state index in [1.165, 1.54) is 16.9 Å². The Hall–Kier alpha value is -1.41. The van der Waals surface area contributed by atoms with Gasteiger partial charge in [0.05, 0.1) is 17.8 Å². The number of sulfonamides is 1. The number of aromatic nitrogens is 2. The SMILES string of the molecule is Cc1c(S(=O)(=O)N2CCC[C@@H](C(=O)N[C@@H]3CCCC[C@@H]3C)C2)cnn1C. The average molecular weight is 383 g/mol. The number of aryl methyl sites for hydroxylation is 1. The van der Waals surface area contributed by atoms with Crippen molar-refractivity contribution in [2.75, 3.05) is 13.1 Å². The van der Waals surface area contributed by atoms with E-state index >= 15 is 0 Å². The first-order chi connectivity index (χ1) is 12.3. The number of amides is 1. The number of piperidine rings is 1. The molecule has 2 heterocycles. The Bertz CT molecular complexity index is 758. The predicted molar refractivity (Wildman–Crippen MR) is 99.0 cm³/mol. The van der Waals surface area contributed by atoms with Crippen LogP contribution in [0.4, 0.5) is 0 Å². The zero-order chi connectivity index (χ0) is 18.9. The van der Waals surface area contributed by atoms with Crippen molar-refractivity contribution in [3.8, 4) is 0 Å². The molecule has 146 valence electrons. The summed E-state index contributed by atoms with van der Waals surface area (Å²) in [7, 11) is -1.88. The summed E-state index contributed by atoms with van der Waals surface area (Å²) in [5, 5.41) is 7.24. The first kappa shape index (κ1) is 19.4. The molecule has 1 N–H and O–H groups in total. The molecule has 1 aromatic heterocycles. The highest BCUT2D eigenvalue weighted by Gasteiger charge is 2.36. The molecular formula is C18H30N4O3S. The third-order valence-corrected chi connectivity index (χ3v) is 7.97. The second-order valence-electron chi connectivity index (χ2n) is 7.80. The lowest BCUT2D eigenvalue weighted by atomic mass is 9.85. The fraction of sp³-hybridized carbons (Fsp3) is 0.778. The molecule has 0 bridgehead atoms. The van der Waals surface area contributed by atoms with Crippen LogP contribution in [0.3, 0.4) is 0 Å². The first-order valence-electron chi connectivity index (χ1n) is 9.60. The molecule has 0 spiro atoms. The lowest BCUT2D eigenvalue weighted by Crippen LogP contribution is -2.49. The van der Waals surface area contributed by atoms with Gasteiger partial charge in [-0.3, -0.25) is 9.48 Å². The second kappa shape index (κ2) is 7.68. The van der Waals surface area contributed by atoms with Gasteiger partial charge in [-0.15, -0.1) is 0 Å². The zero-order valence-electron chi connectivity index (χ0n) is 15.9. The van der Waals surface area contributed by atoms with Crippen LogP contribution in [-0.4, -0.2) is 47.5 Å². The predicted octanol–water partition coefficient (Wildman–Crippen LogP) is 1.82. The van der Waals surface area contributed by atoms with E-state index in [1.54, 1.807) is 18.7 Å². The Morgan fingerprint density at radius 3 is 2.62 bits per heavy atom. The van der Waals surface area contributed by atoms with E-state index in [0.717, 1.165) is 25.7 Å². The fourth-order valence-corrected chi connectivity index (χ4v) is 5.79. The number of nitrogens with one attached hydrogen (secondary N) is 1. The number of rotatable bonds is 4. The van der Waals surface area contributed by atoms with Crippen molar-refractivity contribution in [3.63, 3.8) is 0 Å². The quantitative estimate of drug-likeness (QED) is 0.861. The van der Waals surface area contributed by atoms with E-state index in [9.17, 15) is 13.2 Å². The molecule has 26 heavy (non-hydrogen) atoms. The lowest BCUT2D eigenvalue weighted by Gasteiger charge is -2.34. The van der Waals surface area contributed by atoms with Crippen molar-refractivity contribution < 1.29 is 13.2 Å². The van der Waals surface area contributed by atoms with Gasteiger partial charge in [0.2, 0.25) is 15.9 Å². The Labute approximate surface area is 156 Å². The van der Waals surface area contributed by atoms with E-state index in [-0.39, 0.29) is 29.3 Å². The maximum absolute atomic E-state index is 13.0. The maximum Gasteiger partial charge on any atom is 0.246 e. The number of carbonyl (C=O) groups is 1. The van der Waals surface area contributed by atoms with Crippen LogP contribution in [0.1, 0.15) is 51.1 Å². The van der Waals surface area contributed by atoms with Crippen LogP contribution in [0.25, 0.3) is 0 Å². The van der Waals surface area contributed by atoms with Crippen LogP contribution in [0.15, 0.2) is 11.1 Å². The van der Waals surface area contributed by atoms with Gasteiger partial charge in [0.15, 0.2) is 0 Å². The number of hydrogen-bond acceptors (Lipinski definition) is 4. The minimum absolute atomic E-state index is 0.00607. The highest BCUT2D eigenvalue weighted by molar-refractivity contribution is 7.89. The van der Waals surface area contributed by atoms with Crippen LogP contribution in [0.2, 0.25) is 0 Å². The third-order valence-electron chi connectivity index (χ3n) is 6.00. The summed E-state index contributed by atoms with van der Waals surface area (Å²) < 4.78 is 29.0. The zero-order valence-corrected chi connectivity index (χ0v) is 16.8. The van der Waals surface area contributed by atoms with Gasteiger partial charge in [0.25, 0.3) is 0 Å². The Morgan fingerprint density at radius 1 is 1.23 bits per heavy atom. The molecule has 3 rings (SSSR count). The van der Waals surface area contributed by atoms with Crippen molar-refractivity contribution in [2.24, 2.45) is 18.9 Å². The molecule has 2 aliphatic rings. The summed E-state index contributed by atoms with van der Waals surface area (Å²) in [5.41, 5.74) is 0.618. The molecule has 1 aliphatic carbocycles. The van der Waals surface area contributed by atoms with Crippen molar-refractivity contribution in [3.05, 3.63) is 11.9 Å². The fourth-order valence-electron chi connectivity index (χ4n) is 4.08. The highest BCUT2D eigenvalue weighted by atomic mass is 32.2. The molecule has 1 amide bonds. The molecule has 1 saturated heterocycles. The van der Waals surface area contributed by atoms with Crippen LogP contribution in [0.5, 0.6) is 0 Å². The molecule has 0 radical (unpaired) electrons. The van der Waals surface area contributed by atoms with E-state index in [4.69, 9.17) is 0 Å². The standard InChI is InChI=1S/C18H30N4O3S/c1-13-7-4-5-9-16(13)20-18(23)15-8-6-10-22(12-15)26(24,25)17-11-19-21(3)14(17)2/h11,13,15-16H,4-10,12H2,1-3H3,(H,20,23)/t13-,15+,16+/m0/s1. The smallest absolute Gasteiger partial charge is 0.246 e. The monoisotopic (exact) mass is 382 g/mol. The summed E-state index contributed by atoms with van der Waals surface area (Å²) in [5.74, 6) is 0.227. The minimum Gasteiger partial charge on any atom is -0.353 e. The molecule has 0 unspecified atom stereocenters. The molecule has 8 heteroatoms. The summed E-state index contributed by atoms with van der Waals surface area (Å²) in [6.45, 7) is 4.65. The Balaban J connectivity index is 1.68. The Kier molecular flexibility index (Phi) is 5.72. The van der Waals surface area contributed by atoms with Gasteiger partial charge in [-0.25, -0.2) is 8.42 Å². The van der Waals surface area contributed by atoms with Crippen LogP contribution in [-0.2, 0) is 21.9 Å². The number of nitrogens with zero attached hydrogens (tertiary/aromatic N) is 3. The van der Waals surface area contributed by atoms with Gasteiger partial charge >= 0.3 is 0 Å². The minimum atomic E-state index is -3.61. The van der Waals surface area contributed by atoms with Gasteiger partial charge in [-0.1, -0.05) is 19.8 Å². The van der Waals surface area contributed by atoms with Crippen LogP contribution in [0, 0.1) is 18.8 Å². The van der Waals surface area contributed by atoms with E-state index in [0.29, 0.717) is 24.6 Å². The maximum atomic E-state index is 13.0. The van der Waals surface area contributed by atoms with Gasteiger partial charge in [0, 0.05) is 26.2 Å². The van der Waals surface area contributed by atoms with Crippen molar-refractivity contribution in [1.82, 2.24) is 19.4 Å². The van der Waals surface area contributed by atoms with Crippen molar-refractivity contribution >= 4 is 15.9 Å². The van der Waals surface area contributed by atoms with Crippen LogP contribution >= 0.6 is 0 Å². The first-order valence-corrected chi connectivity index (χ1v) is 11.0. The largest absolute Gasteiger partial charge is 0.353 e. The summed E-state index contributed by atoms with van der Waals surface area (Å²) >= 11 is 0. The summed E-state index contributed by atoms with van der Waals surface area (Å²) in [6, 6.07) is 0.226. The van der Waals surface area contributed by atoms with Gasteiger partial charge in [0.1, 0.15) is 4.90 Å². The van der Waals surface area contributed by atoms with Gasteiger partial charge < -0.3 is 5.32 Å². The second-order valence-corrected chi connectivity index (χ2v) is 9.70. The number of hydrogen-bond donors (Lipinski definition) is 1. The van der Waals surface area contributed by atoms with E-state index in [2.05, 4.69) is 17.3 Å². The highest BCUT2D eigenvalue weighted by Crippen LogP contribution is 2.27. The summed E-state index contributed by atoms with van der Waals surface area (Å²) in [4.78, 5) is 13.0. The van der Waals surface area contributed by atoms with Gasteiger partial charge in [-0.05, 0) is 38.5 Å². The Morgan fingerprint density at radius 2 is 1.96 bits per heavy atom. The van der Waals surface area contributed by atoms with Gasteiger partial charge in [-0.2, -0.15) is 9.40 Å². The van der Waals surface area contributed by atoms with E-state index in [1.807, 2.05) is 0 Å². The summed E-state index contributed by atoms with van der Waals surface area (Å²) in [6.07, 6.45) is 7.40. The molecule has 1 aliphatic heterocycles. The van der Waals surface area contributed by atoms with Crippen molar-refractivity contribution in [1.29, 1.82) is 0 Å².